The van der Waals surface area contributed by atoms with Gasteiger partial charge in [0.1, 0.15) is 12.4 Å². The first-order chi connectivity index (χ1) is 13.0. The van der Waals surface area contributed by atoms with Crippen molar-refractivity contribution in [2.24, 2.45) is 0 Å². The van der Waals surface area contributed by atoms with Crippen LogP contribution >= 0.6 is 0 Å². The van der Waals surface area contributed by atoms with E-state index < -0.39 is 0 Å². The number of carbonyl (C=O) groups excluding carboxylic acids is 2. The smallest absolute Gasteiger partial charge is 0.259 e. The molecule has 0 spiro atoms. The van der Waals surface area contributed by atoms with Crippen molar-refractivity contribution in [3.63, 3.8) is 0 Å². The lowest BCUT2D eigenvalue weighted by Crippen LogP contribution is -2.19. The van der Waals surface area contributed by atoms with E-state index in [-0.39, 0.29) is 17.9 Å². The van der Waals surface area contributed by atoms with Gasteiger partial charge >= 0.3 is 0 Å². The number of ether oxygens (including phenoxy) is 2. The minimum atomic E-state index is -0.263. The average Bonchev–Trinajstić information content (AvgIpc) is 3.17. The molecule has 27 heavy (non-hydrogen) atoms. The minimum Gasteiger partial charge on any atom is -0.490 e. The minimum absolute atomic E-state index is 0.0812. The van der Waals surface area contributed by atoms with E-state index in [0.29, 0.717) is 29.3 Å². The highest BCUT2D eigenvalue weighted by molar-refractivity contribution is 6.07. The van der Waals surface area contributed by atoms with Gasteiger partial charge in [-0.1, -0.05) is 18.2 Å². The van der Waals surface area contributed by atoms with Gasteiger partial charge in [0.15, 0.2) is 0 Å². The SMILES string of the molecule is CC(=O)Nc1cccc(NC(=O)c2ccccc2OCC2CCCO2)c1C. The normalized spacial score (nSPS) is 16.0. The molecule has 1 unspecified atom stereocenters. The summed E-state index contributed by atoms with van der Waals surface area (Å²) in [5.74, 6) is 0.108. The molecule has 2 N–H and O–H groups in total. The van der Waals surface area contributed by atoms with Crippen LogP contribution in [0.4, 0.5) is 11.4 Å². The quantitative estimate of drug-likeness (QED) is 0.814. The fourth-order valence-corrected chi connectivity index (χ4v) is 3.02. The Hall–Kier alpha value is -2.86. The first kappa shape index (κ1) is 18.9. The number of carbonyl (C=O) groups is 2. The van der Waals surface area contributed by atoms with Crippen LogP contribution in [0.15, 0.2) is 42.5 Å². The van der Waals surface area contributed by atoms with Crippen molar-refractivity contribution in [1.82, 2.24) is 0 Å². The molecule has 142 valence electrons. The molecule has 3 rings (SSSR count). The van der Waals surface area contributed by atoms with Gasteiger partial charge in [0, 0.05) is 24.9 Å². The fourth-order valence-electron chi connectivity index (χ4n) is 3.02. The van der Waals surface area contributed by atoms with E-state index in [1.807, 2.05) is 13.0 Å². The van der Waals surface area contributed by atoms with E-state index in [2.05, 4.69) is 10.6 Å². The lowest BCUT2D eigenvalue weighted by molar-refractivity contribution is -0.114. The number of benzene rings is 2. The van der Waals surface area contributed by atoms with Crippen LogP contribution in [0.3, 0.4) is 0 Å². The van der Waals surface area contributed by atoms with Crippen LogP contribution in [-0.4, -0.2) is 31.1 Å². The molecule has 0 aromatic heterocycles. The molecule has 1 heterocycles. The third kappa shape index (κ3) is 4.86. The first-order valence-corrected chi connectivity index (χ1v) is 9.06. The topological polar surface area (TPSA) is 76.7 Å². The van der Waals surface area contributed by atoms with Gasteiger partial charge in [-0.2, -0.15) is 0 Å². The lowest BCUT2D eigenvalue weighted by atomic mass is 10.1. The van der Waals surface area contributed by atoms with Crippen LogP contribution in [0.1, 0.15) is 35.7 Å². The van der Waals surface area contributed by atoms with Crippen molar-refractivity contribution in [3.8, 4) is 5.75 Å². The number of anilines is 2. The van der Waals surface area contributed by atoms with Gasteiger partial charge in [-0.3, -0.25) is 9.59 Å². The Kier molecular flexibility index (Phi) is 6.08. The van der Waals surface area contributed by atoms with Gasteiger partial charge in [-0.25, -0.2) is 0 Å². The summed E-state index contributed by atoms with van der Waals surface area (Å²) in [7, 11) is 0. The predicted octanol–water partition coefficient (Wildman–Crippen LogP) is 3.76. The monoisotopic (exact) mass is 368 g/mol. The van der Waals surface area contributed by atoms with Gasteiger partial charge in [-0.05, 0) is 49.6 Å². The van der Waals surface area contributed by atoms with Crippen LogP contribution in [0.5, 0.6) is 5.75 Å². The van der Waals surface area contributed by atoms with Crippen LogP contribution in [-0.2, 0) is 9.53 Å². The molecule has 0 saturated carbocycles. The first-order valence-electron chi connectivity index (χ1n) is 9.06. The molecule has 0 bridgehead atoms. The Morgan fingerprint density at radius 2 is 1.85 bits per heavy atom. The molecule has 1 saturated heterocycles. The molecule has 6 heteroatoms. The van der Waals surface area contributed by atoms with Gasteiger partial charge in [0.2, 0.25) is 5.91 Å². The molecular formula is C21H24N2O4. The maximum Gasteiger partial charge on any atom is 0.259 e. The maximum atomic E-state index is 12.8. The number of amides is 2. The zero-order chi connectivity index (χ0) is 19.2. The van der Waals surface area contributed by atoms with Crippen molar-refractivity contribution >= 4 is 23.2 Å². The zero-order valence-corrected chi connectivity index (χ0v) is 15.6. The Morgan fingerprint density at radius 1 is 1.11 bits per heavy atom. The highest BCUT2D eigenvalue weighted by atomic mass is 16.5. The standard InChI is InChI=1S/C21H24N2O4/c1-14-18(22-15(2)24)9-5-10-19(14)23-21(25)17-8-3-4-11-20(17)27-13-16-7-6-12-26-16/h3-5,8-11,16H,6-7,12-13H2,1-2H3,(H,22,24)(H,23,25). The summed E-state index contributed by atoms with van der Waals surface area (Å²) in [5.41, 5.74) is 2.56. The summed E-state index contributed by atoms with van der Waals surface area (Å²) in [6.45, 7) is 4.49. The molecule has 2 aromatic rings. The summed E-state index contributed by atoms with van der Waals surface area (Å²) in [5, 5.41) is 5.67. The van der Waals surface area contributed by atoms with E-state index in [1.165, 1.54) is 6.92 Å². The lowest BCUT2D eigenvalue weighted by Gasteiger charge is -2.16. The maximum absolute atomic E-state index is 12.8. The number of hydrogen-bond acceptors (Lipinski definition) is 4. The van der Waals surface area contributed by atoms with Crippen molar-refractivity contribution in [1.29, 1.82) is 0 Å². The highest BCUT2D eigenvalue weighted by Crippen LogP contribution is 2.26. The molecule has 1 aliphatic heterocycles. The number of rotatable bonds is 6. The zero-order valence-electron chi connectivity index (χ0n) is 15.6. The molecule has 0 radical (unpaired) electrons. The van der Waals surface area contributed by atoms with Gasteiger partial charge in [0.05, 0.1) is 11.7 Å². The van der Waals surface area contributed by atoms with Gasteiger partial charge < -0.3 is 20.1 Å². The highest BCUT2D eigenvalue weighted by Gasteiger charge is 2.19. The van der Waals surface area contributed by atoms with Gasteiger partial charge in [0.25, 0.3) is 5.91 Å². The molecular weight excluding hydrogens is 344 g/mol. The second kappa shape index (κ2) is 8.68. The Labute approximate surface area is 158 Å². The third-order valence-electron chi connectivity index (χ3n) is 4.47. The number of nitrogens with one attached hydrogen (secondary N) is 2. The summed E-state index contributed by atoms with van der Waals surface area (Å²) in [6, 6.07) is 12.5. The largest absolute Gasteiger partial charge is 0.490 e. The van der Waals surface area contributed by atoms with Crippen LogP contribution in [0.2, 0.25) is 0 Å². The van der Waals surface area contributed by atoms with Crippen molar-refractivity contribution in [3.05, 3.63) is 53.6 Å². The molecule has 1 atom stereocenters. The summed E-state index contributed by atoms with van der Waals surface area (Å²) in [6.07, 6.45) is 2.10. The van der Waals surface area contributed by atoms with E-state index >= 15 is 0 Å². The van der Waals surface area contributed by atoms with Gasteiger partial charge in [-0.15, -0.1) is 0 Å². The second-order valence-electron chi connectivity index (χ2n) is 6.56. The van der Waals surface area contributed by atoms with Crippen LogP contribution in [0, 0.1) is 6.92 Å². The van der Waals surface area contributed by atoms with Crippen molar-refractivity contribution < 1.29 is 19.1 Å². The van der Waals surface area contributed by atoms with E-state index in [1.54, 1.807) is 36.4 Å². The van der Waals surface area contributed by atoms with E-state index in [4.69, 9.17) is 9.47 Å². The third-order valence-corrected chi connectivity index (χ3v) is 4.47. The molecule has 2 aromatic carbocycles. The summed E-state index contributed by atoms with van der Waals surface area (Å²) in [4.78, 5) is 24.1. The Morgan fingerprint density at radius 3 is 2.56 bits per heavy atom. The number of para-hydroxylation sites is 1. The Bertz CT molecular complexity index is 829. The van der Waals surface area contributed by atoms with Crippen LogP contribution in [0.25, 0.3) is 0 Å². The number of hydrogen-bond donors (Lipinski definition) is 2. The van der Waals surface area contributed by atoms with Crippen molar-refractivity contribution in [2.75, 3.05) is 23.8 Å². The molecule has 6 nitrogen and oxygen atoms in total. The second-order valence-corrected chi connectivity index (χ2v) is 6.56. The molecule has 1 fully saturated rings. The fraction of sp³-hybridized carbons (Fsp3) is 0.333. The Balaban J connectivity index is 1.73. The van der Waals surface area contributed by atoms with Crippen LogP contribution < -0.4 is 15.4 Å². The molecule has 0 aliphatic carbocycles. The predicted molar refractivity (Wildman–Crippen MR) is 104 cm³/mol. The van der Waals surface area contributed by atoms with E-state index in [0.717, 1.165) is 25.0 Å². The average molecular weight is 368 g/mol. The molecule has 1 aliphatic rings. The van der Waals surface area contributed by atoms with Crippen molar-refractivity contribution in [2.45, 2.75) is 32.8 Å². The summed E-state index contributed by atoms with van der Waals surface area (Å²) < 4.78 is 11.4. The van der Waals surface area contributed by atoms with E-state index in [9.17, 15) is 9.59 Å². The summed E-state index contributed by atoms with van der Waals surface area (Å²) >= 11 is 0. The molecule has 2 amide bonds.